The lowest BCUT2D eigenvalue weighted by molar-refractivity contribution is 1.03. The van der Waals surface area contributed by atoms with Crippen LogP contribution in [-0.4, -0.2) is 14.5 Å². The molecule has 0 saturated carbocycles. The van der Waals surface area contributed by atoms with Crippen LogP contribution in [-0.2, 0) is 0 Å². The summed E-state index contributed by atoms with van der Waals surface area (Å²) in [5.74, 6) is 0. The monoisotopic (exact) mass is 241 g/mol. The second kappa shape index (κ2) is 3.82. The highest BCUT2D eigenvalue weighted by atomic mass is 32.1. The minimum Gasteiger partial charge on any atom is -0.329 e. The maximum atomic E-state index is 5.36. The van der Waals surface area contributed by atoms with Crippen molar-refractivity contribution >= 4 is 23.4 Å². The minimum absolute atomic E-state index is 0.674. The number of hydrogen-bond acceptors (Lipinski definition) is 2. The van der Waals surface area contributed by atoms with E-state index < -0.39 is 0 Å². The van der Waals surface area contributed by atoms with E-state index in [0.29, 0.717) is 4.77 Å². The summed E-state index contributed by atoms with van der Waals surface area (Å²) in [5.41, 5.74) is 4.07. The number of H-pyrrole nitrogens is 1. The number of benzene rings is 1. The molecular formula is C13H11N3S. The molecule has 1 N–H and O–H groups in total. The smallest absolute Gasteiger partial charge is 0.184 e. The van der Waals surface area contributed by atoms with Crippen LogP contribution in [0.25, 0.3) is 16.9 Å². The van der Waals surface area contributed by atoms with Crippen molar-refractivity contribution in [3.8, 4) is 5.69 Å². The van der Waals surface area contributed by atoms with Crippen molar-refractivity contribution < 1.29 is 0 Å². The average Bonchev–Trinajstić information content (AvgIpc) is 2.66. The standard InChI is InChI=1S/C13H11N3S/c1-9-5-2-3-7-11(9)16-12-10(15-13(16)17)6-4-8-14-12/h2-8H,1H3,(H,15,17). The van der Waals surface area contributed by atoms with Gasteiger partial charge >= 0.3 is 0 Å². The van der Waals surface area contributed by atoms with Crippen molar-refractivity contribution in [1.29, 1.82) is 0 Å². The lowest BCUT2D eigenvalue weighted by Crippen LogP contribution is -1.97. The Morgan fingerprint density at radius 3 is 2.82 bits per heavy atom. The Labute approximate surface area is 104 Å². The Bertz CT molecular complexity index is 740. The summed E-state index contributed by atoms with van der Waals surface area (Å²) >= 11 is 5.36. The normalized spacial score (nSPS) is 10.9. The predicted molar refractivity (Wildman–Crippen MR) is 71.0 cm³/mol. The van der Waals surface area contributed by atoms with E-state index in [1.54, 1.807) is 6.20 Å². The van der Waals surface area contributed by atoms with Gasteiger partial charge in [-0.1, -0.05) is 18.2 Å². The first-order valence-electron chi connectivity index (χ1n) is 5.39. The maximum Gasteiger partial charge on any atom is 0.184 e. The second-order valence-corrected chi connectivity index (χ2v) is 4.31. The summed E-state index contributed by atoms with van der Waals surface area (Å²) in [6.07, 6.45) is 1.78. The summed E-state index contributed by atoms with van der Waals surface area (Å²) in [7, 11) is 0. The van der Waals surface area contributed by atoms with Gasteiger partial charge in [0.1, 0.15) is 0 Å². The van der Waals surface area contributed by atoms with Crippen molar-refractivity contribution in [2.75, 3.05) is 0 Å². The van der Waals surface area contributed by atoms with Crippen molar-refractivity contribution in [3.63, 3.8) is 0 Å². The fourth-order valence-corrected chi connectivity index (χ4v) is 2.27. The number of aromatic amines is 1. The fourth-order valence-electron chi connectivity index (χ4n) is 1.98. The van der Waals surface area contributed by atoms with Crippen molar-refractivity contribution in [3.05, 3.63) is 52.9 Å². The molecule has 0 radical (unpaired) electrons. The van der Waals surface area contributed by atoms with Crippen LogP contribution in [0.3, 0.4) is 0 Å². The van der Waals surface area contributed by atoms with E-state index in [-0.39, 0.29) is 0 Å². The zero-order valence-corrected chi connectivity index (χ0v) is 10.2. The minimum atomic E-state index is 0.674. The average molecular weight is 241 g/mol. The highest BCUT2D eigenvalue weighted by molar-refractivity contribution is 7.71. The topological polar surface area (TPSA) is 33.6 Å². The number of aromatic nitrogens is 3. The SMILES string of the molecule is Cc1ccccc1-n1c(=S)[nH]c2cccnc21. The number of imidazole rings is 1. The van der Waals surface area contributed by atoms with E-state index >= 15 is 0 Å². The third-order valence-electron chi connectivity index (χ3n) is 2.80. The van der Waals surface area contributed by atoms with Crippen molar-refractivity contribution in [2.45, 2.75) is 6.92 Å². The maximum absolute atomic E-state index is 5.36. The van der Waals surface area contributed by atoms with E-state index in [1.807, 2.05) is 34.9 Å². The molecule has 0 aliphatic heterocycles. The molecule has 0 saturated heterocycles. The molecule has 84 valence electrons. The molecule has 0 bridgehead atoms. The molecule has 0 spiro atoms. The third-order valence-corrected chi connectivity index (χ3v) is 3.08. The number of pyridine rings is 1. The first-order valence-corrected chi connectivity index (χ1v) is 5.80. The molecule has 0 fully saturated rings. The first-order chi connectivity index (χ1) is 8.27. The van der Waals surface area contributed by atoms with Crippen LogP contribution in [0.5, 0.6) is 0 Å². The molecule has 0 aliphatic carbocycles. The van der Waals surface area contributed by atoms with Gasteiger partial charge in [-0.2, -0.15) is 0 Å². The van der Waals surface area contributed by atoms with E-state index in [4.69, 9.17) is 12.2 Å². The third kappa shape index (κ3) is 1.57. The summed E-state index contributed by atoms with van der Waals surface area (Å²) in [4.78, 5) is 7.55. The quantitative estimate of drug-likeness (QED) is 0.662. The molecule has 17 heavy (non-hydrogen) atoms. The van der Waals surface area contributed by atoms with Crippen LogP contribution in [0.2, 0.25) is 0 Å². The van der Waals surface area contributed by atoms with Gasteiger partial charge in [0, 0.05) is 6.20 Å². The van der Waals surface area contributed by atoms with E-state index in [2.05, 4.69) is 23.0 Å². The van der Waals surface area contributed by atoms with Gasteiger partial charge in [-0.25, -0.2) is 4.98 Å². The fraction of sp³-hybridized carbons (Fsp3) is 0.0769. The molecule has 3 rings (SSSR count). The molecule has 0 amide bonds. The number of para-hydroxylation sites is 1. The number of nitrogens with zero attached hydrogens (tertiary/aromatic N) is 2. The zero-order valence-electron chi connectivity index (χ0n) is 9.34. The number of aryl methyl sites for hydroxylation is 1. The highest BCUT2D eigenvalue weighted by Crippen LogP contribution is 2.19. The molecule has 4 heteroatoms. The van der Waals surface area contributed by atoms with E-state index in [1.165, 1.54) is 5.56 Å². The van der Waals surface area contributed by atoms with E-state index in [9.17, 15) is 0 Å². The van der Waals surface area contributed by atoms with Crippen molar-refractivity contribution in [1.82, 2.24) is 14.5 Å². The van der Waals surface area contributed by atoms with Crippen LogP contribution in [0, 0.1) is 11.7 Å². The Morgan fingerprint density at radius 2 is 2.00 bits per heavy atom. The van der Waals surface area contributed by atoms with Gasteiger partial charge in [0.05, 0.1) is 11.2 Å². The van der Waals surface area contributed by atoms with Gasteiger partial charge in [0.25, 0.3) is 0 Å². The molecule has 3 aromatic rings. The highest BCUT2D eigenvalue weighted by Gasteiger charge is 2.08. The molecule has 1 aromatic carbocycles. The Morgan fingerprint density at radius 1 is 1.18 bits per heavy atom. The molecular weight excluding hydrogens is 230 g/mol. The van der Waals surface area contributed by atoms with Gasteiger partial charge in [0.2, 0.25) is 0 Å². The van der Waals surface area contributed by atoms with Crippen LogP contribution in [0.1, 0.15) is 5.56 Å². The Balaban J connectivity index is 2.42. The van der Waals surface area contributed by atoms with Gasteiger partial charge < -0.3 is 4.98 Å². The van der Waals surface area contributed by atoms with Gasteiger partial charge in [0.15, 0.2) is 10.4 Å². The van der Waals surface area contributed by atoms with Gasteiger partial charge in [-0.05, 0) is 42.9 Å². The largest absolute Gasteiger partial charge is 0.329 e. The second-order valence-electron chi connectivity index (χ2n) is 3.93. The molecule has 2 heterocycles. The first kappa shape index (κ1) is 10.2. The summed E-state index contributed by atoms with van der Waals surface area (Å²) in [6.45, 7) is 2.07. The Kier molecular flexibility index (Phi) is 2.30. The van der Waals surface area contributed by atoms with Crippen LogP contribution in [0.15, 0.2) is 42.6 Å². The lowest BCUT2D eigenvalue weighted by Gasteiger charge is -2.06. The molecule has 2 aromatic heterocycles. The van der Waals surface area contributed by atoms with Crippen molar-refractivity contribution in [2.24, 2.45) is 0 Å². The van der Waals surface area contributed by atoms with Gasteiger partial charge in [-0.3, -0.25) is 4.57 Å². The summed E-state index contributed by atoms with van der Waals surface area (Å²) < 4.78 is 2.65. The number of rotatable bonds is 1. The van der Waals surface area contributed by atoms with Crippen LogP contribution < -0.4 is 0 Å². The molecule has 0 unspecified atom stereocenters. The summed E-state index contributed by atoms with van der Waals surface area (Å²) in [6, 6.07) is 12.0. The zero-order chi connectivity index (χ0) is 11.8. The van der Waals surface area contributed by atoms with E-state index in [0.717, 1.165) is 16.9 Å². The number of fused-ring (bicyclic) bond motifs is 1. The Hall–Kier alpha value is -1.94. The predicted octanol–water partition coefficient (Wildman–Crippen LogP) is 3.39. The molecule has 0 aliphatic rings. The van der Waals surface area contributed by atoms with Gasteiger partial charge in [-0.15, -0.1) is 0 Å². The number of hydrogen-bond donors (Lipinski definition) is 1. The summed E-state index contributed by atoms with van der Waals surface area (Å²) in [5, 5.41) is 0. The molecule has 3 nitrogen and oxygen atoms in total. The molecule has 0 atom stereocenters. The lowest BCUT2D eigenvalue weighted by atomic mass is 10.2. The number of nitrogens with one attached hydrogen (secondary N) is 1. The van der Waals surface area contributed by atoms with Crippen LogP contribution in [0.4, 0.5) is 0 Å². The van der Waals surface area contributed by atoms with Crippen LogP contribution >= 0.6 is 12.2 Å².